The number of benzene rings is 1. The summed E-state index contributed by atoms with van der Waals surface area (Å²) in [6, 6.07) is 7.14. The van der Waals surface area contributed by atoms with Gasteiger partial charge in [0.1, 0.15) is 0 Å². The molecule has 1 rings (SSSR count). The van der Waals surface area contributed by atoms with E-state index in [1.54, 1.807) is 0 Å². The maximum atomic E-state index is 8.94. The summed E-state index contributed by atoms with van der Waals surface area (Å²) in [6.07, 6.45) is 0.545. The lowest BCUT2D eigenvalue weighted by molar-refractivity contribution is 0.529. The second kappa shape index (κ2) is 4.60. The molecule has 0 bridgehead atoms. The lowest BCUT2D eigenvalue weighted by atomic mass is 10.1. The Morgan fingerprint density at radius 2 is 2.31 bits per heavy atom. The van der Waals surface area contributed by atoms with Crippen molar-refractivity contribution in [2.75, 3.05) is 0 Å². The standard InChI is InChI=1S/C9H11NOS2/c10-8(9(11)13)5-6-2-1-3-7(12)4-6/h1-4,8,12H,5,10H2,(H,11,13)/t8-/m0/s1. The van der Waals surface area contributed by atoms with Crippen molar-refractivity contribution in [3.8, 4) is 0 Å². The molecule has 1 atom stereocenters. The van der Waals surface area contributed by atoms with E-state index in [9.17, 15) is 0 Å². The Balaban J connectivity index is 2.69. The molecule has 1 aromatic carbocycles. The first kappa shape index (κ1) is 10.5. The zero-order valence-electron chi connectivity index (χ0n) is 6.97. The number of thiocarbonyl (C=S) groups is 1. The first-order chi connectivity index (χ1) is 6.09. The van der Waals surface area contributed by atoms with E-state index in [1.165, 1.54) is 0 Å². The molecule has 0 saturated carbocycles. The van der Waals surface area contributed by atoms with Crippen molar-refractivity contribution in [2.24, 2.45) is 5.73 Å². The minimum absolute atomic E-state index is 0.149. The number of aliphatic hydroxyl groups is 1. The van der Waals surface area contributed by atoms with Crippen molar-refractivity contribution in [1.29, 1.82) is 0 Å². The van der Waals surface area contributed by atoms with Crippen LogP contribution in [0.2, 0.25) is 0 Å². The first-order valence-electron chi connectivity index (χ1n) is 3.86. The molecule has 3 N–H and O–H groups in total. The molecule has 0 radical (unpaired) electrons. The summed E-state index contributed by atoms with van der Waals surface area (Å²) in [6.45, 7) is 0. The lowest BCUT2D eigenvalue weighted by Gasteiger charge is -2.08. The van der Waals surface area contributed by atoms with Crippen LogP contribution in [0.1, 0.15) is 5.56 Å². The monoisotopic (exact) mass is 213 g/mol. The van der Waals surface area contributed by atoms with E-state index in [1.807, 2.05) is 24.3 Å². The smallest absolute Gasteiger partial charge is 0.174 e. The summed E-state index contributed by atoms with van der Waals surface area (Å²) in [4.78, 5) is 0.883. The number of hydrogen-bond donors (Lipinski definition) is 3. The van der Waals surface area contributed by atoms with Gasteiger partial charge in [0.25, 0.3) is 0 Å². The number of nitrogens with two attached hydrogens (primary N) is 1. The molecule has 0 aliphatic carbocycles. The second-order valence-corrected chi connectivity index (χ2v) is 3.75. The summed E-state index contributed by atoms with van der Waals surface area (Å²) < 4.78 is 0. The molecule has 0 heterocycles. The number of thiol groups is 1. The predicted octanol–water partition coefficient (Wildman–Crippen LogP) is 1.73. The van der Waals surface area contributed by atoms with Gasteiger partial charge in [-0.3, -0.25) is 0 Å². The van der Waals surface area contributed by atoms with Gasteiger partial charge >= 0.3 is 0 Å². The van der Waals surface area contributed by atoms with Crippen molar-refractivity contribution in [3.05, 3.63) is 29.8 Å². The average Bonchev–Trinajstić information content (AvgIpc) is 2.04. The Morgan fingerprint density at radius 3 is 2.85 bits per heavy atom. The van der Waals surface area contributed by atoms with Gasteiger partial charge in [-0.25, -0.2) is 0 Å². The van der Waals surface area contributed by atoms with Crippen LogP contribution in [0.15, 0.2) is 29.2 Å². The fourth-order valence-corrected chi connectivity index (χ4v) is 1.36. The van der Waals surface area contributed by atoms with Gasteiger partial charge in [0.2, 0.25) is 0 Å². The normalized spacial score (nSPS) is 12.5. The average molecular weight is 213 g/mol. The van der Waals surface area contributed by atoms with Crippen LogP contribution in [0.3, 0.4) is 0 Å². The molecule has 13 heavy (non-hydrogen) atoms. The van der Waals surface area contributed by atoms with E-state index in [2.05, 4.69) is 24.8 Å². The Bertz CT molecular complexity index is 314. The zero-order valence-corrected chi connectivity index (χ0v) is 8.68. The molecule has 0 amide bonds. The highest BCUT2D eigenvalue weighted by Gasteiger charge is 2.07. The van der Waals surface area contributed by atoms with E-state index in [-0.39, 0.29) is 5.05 Å². The van der Waals surface area contributed by atoms with Crippen LogP contribution in [-0.4, -0.2) is 16.2 Å². The van der Waals surface area contributed by atoms with Gasteiger partial charge in [-0.05, 0) is 36.3 Å². The van der Waals surface area contributed by atoms with E-state index in [0.29, 0.717) is 6.42 Å². The largest absolute Gasteiger partial charge is 0.501 e. The Hall–Kier alpha value is -0.580. The highest BCUT2D eigenvalue weighted by Crippen LogP contribution is 2.10. The molecule has 0 unspecified atom stereocenters. The predicted molar refractivity (Wildman–Crippen MR) is 60.6 cm³/mol. The third kappa shape index (κ3) is 3.34. The van der Waals surface area contributed by atoms with E-state index in [4.69, 9.17) is 10.8 Å². The molecule has 0 fully saturated rings. The summed E-state index contributed by atoms with van der Waals surface area (Å²) in [7, 11) is 0. The van der Waals surface area contributed by atoms with E-state index < -0.39 is 6.04 Å². The van der Waals surface area contributed by atoms with Crippen LogP contribution in [0, 0.1) is 0 Å². The third-order valence-corrected chi connectivity index (χ3v) is 2.26. The molecule has 0 aliphatic rings. The zero-order chi connectivity index (χ0) is 9.84. The molecular weight excluding hydrogens is 202 g/mol. The molecule has 1 aromatic rings. The molecule has 2 nitrogen and oxygen atoms in total. The second-order valence-electron chi connectivity index (χ2n) is 2.82. The van der Waals surface area contributed by atoms with Crippen LogP contribution in [-0.2, 0) is 6.42 Å². The minimum atomic E-state index is -0.467. The van der Waals surface area contributed by atoms with Gasteiger partial charge in [0.15, 0.2) is 5.05 Å². The van der Waals surface area contributed by atoms with Gasteiger partial charge in [-0.15, -0.1) is 12.6 Å². The van der Waals surface area contributed by atoms with Gasteiger partial charge in [-0.1, -0.05) is 12.1 Å². The Kier molecular flexibility index (Phi) is 3.71. The van der Waals surface area contributed by atoms with E-state index in [0.717, 1.165) is 10.5 Å². The lowest BCUT2D eigenvalue weighted by Crippen LogP contribution is -2.30. The van der Waals surface area contributed by atoms with Gasteiger partial charge in [0.05, 0.1) is 6.04 Å². The third-order valence-electron chi connectivity index (χ3n) is 1.68. The van der Waals surface area contributed by atoms with Crippen molar-refractivity contribution < 1.29 is 5.11 Å². The summed E-state index contributed by atoms with van der Waals surface area (Å²) in [5, 5.41) is 8.79. The highest BCUT2D eigenvalue weighted by atomic mass is 32.1. The molecule has 0 spiro atoms. The van der Waals surface area contributed by atoms with Crippen LogP contribution >= 0.6 is 24.8 Å². The minimum Gasteiger partial charge on any atom is -0.501 e. The molecular formula is C9H11NOS2. The summed E-state index contributed by atoms with van der Waals surface area (Å²) in [5.41, 5.74) is 6.61. The molecule has 4 heteroatoms. The molecule has 70 valence electrons. The Labute approximate surface area is 88.2 Å². The fraction of sp³-hybridized carbons (Fsp3) is 0.222. The van der Waals surface area contributed by atoms with Crippen molar-refractivity contribution in [1.82, 2.24) is 0 Å². The molecule has 0 aromatic heterocycles. The highest BCUT2D eigenvalue weighted by molar-refractivity contribution is 7.80. The van der Waals surface area contributed by atoms with Crippen LogP contribution < -0.4 is 5.73 Å². The summed E-state index contributed by atoms with van der Waals surface area (Å²) >= 11 is 8.75. The maximum absolute atomic E-state index is 8.94. The van der Waals surface area contributed by atoms with Gasteiger partial charge in [-0.2, -0.15) is 0 Å². The number of hydrogen-bond acceptors (Lipinski definition) is 3. The number of aliphatic hydroxyl groups excluding tert-OH is 1. The first-order valence-corrected chi connectivity index (χ1v) is 4.71. The quantitative estimate of drug-likeness (QED) is 0.529. The van der Waals surface area contributed by atoms with Gasteiger partial charge in [0, 0.05) is 4.90 Å². The molecule has 0 saturated heterocycles. The number of rotatable bonds is 3. The van der Waals surface area contributed by atoms with E-state index >= 15 is 0 Å². The Morgan fingerprint density at radius 1 is 1.62 bits per heavy atom. The van der Waals surface area contributed by atoms with Crippen molar-refractivity contribution in [3.63, 3.8) is 0 Å². The van der Waals surface area contributed by atoms with Crippen LogP contribution in [0.25, 0.3) is 0 Å². The fourth-order valence-electron chi connectivity index (χ4n) is 1.02. The van der Waals surface area contributed by atoms with Crippen molar-refractivity contribution in [2.45, 2.75) is 17.4 Å². The molecule has 0 aliphatic heterocycles. The van der Waals surface area contributed by atoms with Crippen LogP contribution in [0.4, 0.5) is 0 Å². The van der Waals surface area contributed by atoms with Crippen LogP contribution in [0.5, 0.6) is 0 Å². The maximum Gasteiger partial charge on any atom is 0.174 e. The summed E-state index contributed by atoms with van der Waals surface area (Å²) in [5.74, 6) is 0. The topological polar surface area (TPSA) is 46.2 Å². The van der Waals surface area contributed by atoms with Crippen molar-refractivity contribution >= 4 is 29.9 Å². The van der Waals surface area contributed by atoms with Gasteiger partial charge < -0.3 is 10.8 Å². The SMILES string of the molecule is N[C@@H](Cc1cccc(S)c1)C(O)=S.